The summed E-state index contributed by atoms with van der Waals surface area (Å²) in [4.78, 5) is 15.1. The number of hydrogen-bond donors (Lipinski definition) is 1. The number of hydrogen-bond acceptors (Lipinski definition) is 4. The quantitative estimate of drug-likeness (QED) is 0.686. The number of esters is 1. The fourth-order valence-electron chi connectivity index (χ4n) is 1.18. The van der Waals surface area contributed by atoms with Gasteiger partial charge < -0.3 is 10.5 Å². The van der Waals surface area contributed by atoms with Crippen molar-refractivity contribution in [2.24, 2.45) is 0 Å². The van der Waals surface area contributed by atoms with E-state index in [2.05, 4.69) is 25.7 Å². The third-order valence-corrected chi connectivity index (χ3v) is 2.51. The van der Waals surface area contributed by atoms with Gasteiger partial charge in [-0.15, -0.1) is 0 Å². The second kappa shape index (κ2) is 5.20. The van der Waals surface area contributed by atoms with Gasteiger partial charge in [0.1, 0.15) is 0 Å². The molecule has 0 saturated heterocycles. The minimum Gasteiger partial charge on any atom is -0.465 e. The van der Waals surface area contributed by atoms with Gasteiger partial charge in [-0.25, -0.2) is 13.6 Å². The molecule has 0 aliphatic rings. The topological polar surface area (TPSA) is 65.2 Å². The molecule has 4 nitrogen and oxygen atoms in total. The number of nitrogen functional groups attached to an aromatic ring is 1. The highest BCUT2D eigenvalue weighted by atomic mass is 79.9. The average Bonchev–Trinajstić information content (AvgIpc) is 2.27. The van der Waals surface area contributed by atoms with Gasteiger partial charge in [0.25, 0.3) is 6.43 Å². The largest absolute Gasteiger partial charge is 0.465 e. The van der Waals surface area contributed by atoms with Gasteiger partial charge in [0.2, 0.25) is 0 Å². The van der Waals surface area contributed by atoms with Gasteiger partial charge in [-0.3, -0.25) is 4.98 Å². The summed E-state index contributed by atoms with van der Waals surface area (Å²) >= 11 is 3.09. The number of aromatic nitrogens is 1. The van der Waals surface area contributed by atoms with E-state index < -0.39 is 18.0 Å². The second-order valence-corrected chi connectivity index (χ2v) is 3.44. The normalized spacial score (nSPS) is 10.6. The van der Waals surface area contributed by atoms with Gasteiger partial charge in [0.15, 0.2) is 0 Å². The lowest BCUT2D eigenvalue weighted by atomic mass is 10.1. The van der Waals surface area contributed by atoms with Crippen LogP contribution in [0.3, 0.4) is 0 Å². The number of carbonyl (C=O) groups excluding carboxylic acids is 1. The summed E-state index contributed by atoms with van der Waals surface area (Å²) in [5, 5.41) is 0.270. The Morgan fingerprint density at radius 1 is 1.69 bits per heavy atom. The molecule has 88 valence electrons. The van der Waals surface area contributed by atoms with E-state index in [-0.39, 0.29) is 16.6 Å². The van der Waals surface area contributed by atoms with Crippen LogP contribution >= 0.6 is 15.9 Å². The van der Waals surface area contributed by atoms with Crippen molar-refractivity contribution in [3.8, 4) is 0 Å². The predicted molar refractivity (Wildman–Crippen MR) is 57.6 cm³/mol. The minimum atomic E-state index is -2.83. The first-order chi connectivity index (χ1) is 7.52. The third kappa shape index (κ3) is 2.29. The van der Waals surface area contributed by atoms with Crippen molar-refractivity contribution in [1.29, 1.82) is 0 Å². The van der Waals surface area contributed by atoms with Crippen LogP contribution in [0.25, 0.3) is 0 Å². The molecule has 0 aromatic carbocycles. The van der Waals surface area contributed by atoms with Crippen LogP contribution in [0.1, 0.15) is 28.0 Å². The van der Waals surface area contributed by atoms with E-state index in [0.29, 0.717) is 5.69 Å². The number of anilines is 1. The lowest BCUT2D eigenvalue weighted by Crippen LogP contribution is -2.13. The third-order valence-electron chi connectivity index (χ3n) is 1.98. The Hall–Kier alpha value is -1.24. The second-order valence-electron chi connectivity index (χ2n) is 2.87. The Labute approximate surface area is 98.9 Å². The number of nitrogens with two attached hydrogens (primary N) is 1. The van der Waals surface area contributed by atoms with Crippen LogP contribution in [0.4, 0.5) is 14.5 Å². The summed E-state index contributed by atoms with van der Waals surface area (Å²) in [6.45, 7) is 0. The van der Waals surface area contributed by atoms with E-state index in [1.165, 1.54) is 0 Å². The Morgan fingerprint density at radius 3 is 2.75 bits per heavy atom. The molecule has 7 heteroatoms. The molecule has 0 spiro atoms. The number of halogens is 3. The number of rotatable bonds is 3. The number of methoxy groups -OCH3 is 1. The van der Waals surface area contributed by atoms with Gasteiger partial charge in [0, 0.05) is 11.5 Å². The molecule has 0 amide bonds. The van der Waals surface area contributed by atoms with Crippen molar-refractivity contribution in [2.75, 3.05) is 12.8 Å². The van der Waals surface area contributed by atoms with Crippen LogP contribution in [0, 0.1) is 0 Å². The van der Waals surface area contributed by atoms with Crippen molar-refractivity contribution in [3.05, 3.63) is 23.0 Å². The lowest BCUT2D eigenvalue weighted by molar-refractivity contribution is 0.0590. The zero-order valence-corrected chi connectivity index (χ0v) is 9.92. The molecule has 1 heterocycles. The van der Waals surface area contributed by atoms with Crippen molar-refractivity contribution in [2.45, 2.75) is 11.8 Å². The molecule has 0 unspecified atom stereocenters. The van der Waals surface area contributed by atoms with Crippen LogP contribution < -0.4 is 5.73 Å². The fraction of sp³-hybridized carbons (Fsp3) is 0.333. The van der Waals surface area contributed by atoms with Crippen LogP contribution in [-0.2, 0) is 10.1 Å². The summed E-state index contributed by atoms with van der Waals surface area (Å²) in [5.74, 6) is -0.891. The van der Waals surface area contributed by atoms with E-state index in [1.807, 2.05) is 0 Å². The fourth-order valence-corrected chi connectivity index (χ4v) is 1.63. The zero-order valence-electron chi connectivity index (χ0n) is 8.34. The number of ether oxygens (including phenoxy) is 1. The zero-order chi connectivity index (χ0) is 12.3. The first-order valence-corrected chi connectivity index (χ1v) is 5.34. The lowest BCUT2D eigenvalue weighted by Gasteiger charge is -2.11. The first-order valence-electron chi connectivity index (χ1n) is 4.22. The Bertz CT molecular complexity index is 413. The van der Waals surface area contributed by atoms with Crippen molar-refractivity contribution in [1.82, 2.24) is 4.98 Å². The first kappa shape index (κ1) is 12.8. The highest BCUT2D eigenvalue weighted by molar-refractivity contribution is 9.08. The number of carbonyl (C=O) groups is 1. The SMILES string of the molecule is COC(=O)c1c(C(F)F)cnc(CBr)c1N. The van der Waals surface area contributed by atoms with Crippen molar-refractivity contribution < 1.29 is 18.3 Å². The summed E-state index contributed by atoms with van der Waals surface area (Å²) in [7, 11) is 1.10. The molecule has 0 bridgehead atoms. The minimum absolute atomic E-state index is 0.0819. The highest BCUT2D eigenvalue weighted by Gasteiger charge is 2.24. The van der Waals surface area contributed by atoms with E-state index in [1.54, 1.807) is 0 Å². The smallest absolute Gasteiger partial charge is 0.340 e. The molecule has 0 fully saturated rings. The highest BCUT2D eigenvalue weighted by Crippen LogP contribution is 2.29. The van der Waals surface area contributed by atoms with E-state index in [0.717, 1.165) is 13.3 Å². The molecule has 0 aliphatic heterocycles. The maximum Gasteiger partial charge on any atom is 0.340 e. The maximum absolute atomic E-state index is 12.6. The summed E-state index contributed by atoms with van der Waals surface area (Å²) in [6, 6.07) is 0. The molecule has 0 radical (unpaired) electrons. The van der Waals surface area contributed by atoms with E-state index in [4.69, 9.17) is 5.73 Å². The molecule has 1 aromatic heterocycles. The monoisotopic (exact) mass is 294 g/mol. The Balaban J connectivity index is 3.42. The number of pyridine rings is 1. The van der Waals surface area contributed by atoms with Crippen LogP contribution in [0.5, 0.6) is 0 Å². The molecule has 0 saturated carbocycles. The molecule has 1 aromatic rings. The Morgan fingerprint density at radius 2 is 2.31 bits per heavy atom. The molecule has 0 atom stereocenters. The average molecular weight is 295 g/mol. The maximum atomic E-state index is 12.6. The van der Waals surface area contributed by atoms with Crippen molar-refractivity contribution in [3.63, 3.8) is 0 Å². The molecule has 2 N–H and O–H groups in total. The van der Waals surface area contributed by atoms with Gasteiger partial charge in [0.05, 0.1) is 29.6 Å². The Kier molecular flexibility index (Phi) is 4.17. The van der Waals surface area contributed by atoms with Gasteiger partial charge >= 0.3 is 5.97 Å². The summed E-state index contributed by atoms with van der Waals surface area (Å²) < 4.78 is 29.7. The molecular weight excluding hydrogens is 286 g/mol. The number of alkyl halides is 3. The standard InChI is InChI=1S/C9H9BrF2N2O2/c1-16-9(15)6-4(8(11)12)3-14-5(2-10)7(6)13/h3,8H,2,13H2,1H3. The summed E-state index contributed by atoms with van der Waals surface area (Å²) in [6.07, 6.45) is -1.89. The molecule has 16 heavy (non-hydrogen) atoms. The van der Waals surface area contributed by atoms with Crippen LogP contribution in [-0.4, -0.2) is 18.1 Å². The number of nitrogens with zero attached hydrogens (tertiary/aromatic N) is 1. The molecular formula is C9H9BrF2N2O2. The molecule has 0 aliphatic carbocycles. The predicted octanol–water partition coefficient (Wildman–Crippen LogP) is 2.28. The van der Waals surface area contributed by atoms with Gasteiger partial charge in [-0.1, -0.05) is 15.9 Å². The van der Waals surface area contributed by atoms with Crippen molar-refractivity contribution >= 4 is 27.6 Å². The summed E-state index contributed by atoms with van der Waals surface area (Å²) in [5.41, 5.74) is 4.99. The van der Waals surface area contributed by atoms with E-state index >= 15 is 0 Å². The van der Waals surface area contributed by atoms with Gasteiger partial charge in [-0.2, -0.15) is 0 Å². The van der Waals surface area contributed by atoms with Crippen LogP contribution in [0.15, 0.2) is 6.20 Å². The van der Waals surface area contributed by atoms with Gasteiger partial charge in [-0.05, 0) is 0 Å². The molecule has 1 rings (SSSR count). The van der Waals surface area contributed by atoms with Crippen LogP contribution in [0.2, 0.25) is 0 Å². The van der Waals surface area contributed by atoms with E-state index in [9.17, 15) is 13.6 Å².